The van der Waals surface area contributed by atoms with Crippen LogP contribution in [0.4, 0.5) is 0 Å². The molecule has 0 bridgehead atoms. The number of ether oxygens (including phenoxy) is 2. The van der Waals surface area contributed by atoms with Crippen molar-refractivity contribution >= 4 is 39.8 Å². The molecule has 1 atom stereocenters. The van der Waals surface area contributed by atoms with Gasteiger partial charge in [0.25, 0.3) is 5.91 Å². The number of hydrogen-bond donors (Lipinski definition) is 1. The zero-order valence-electron chi connectivity index (χ0n) is 14.4. The van der Waals surface area contributed by atoms with Crippen molar-refractivity contribution in [2.45, 2.75) is 31.2 Å². The normalized spacial score (nSPS) is 13.8. The number of rotatable bonds is 5. The molecule has 9 heteroatoms. The smallest absolute Gasteiger partial charge is 0.253 e. The number of hydrogen-bond acceptors (Lipinski definition) is 7. The third-order valence-electron chi connectivity index (χ3n) is 3.48. The fourth-order valence-corrected chi connectivity index (χ4v) is 3.54. The summed E-state index contributed by atoms with van der Waals surface area (Å²) in [6.07, 6.45) is 1.55. The molecule has 1 N–H and O–H groups in total. The van der Waals surface area contributed by atoms with Crippen LogP contribution in [-0.2, 0) is 4.79 Å². The van der Waals surface area contributed by atoms with E-state index in [1.165, 1.54) is 11.8 Å². The molecular formula is C17H17BrN4O3S. The van der Waals surface area contributed by atoms with Crippen LogP contribution in [0.15, 0.2) is 32.9 Å². The maximum atomic E-state index is 12.2. The second-order valence-corrected chi connectivity index (χ2v) is 7.82. The minimum atomic E-state index is -0.381. The molecule has 26 heavy (non-hydrogen) atoms. The molecule has 1 aliphatic rings. The van der Waals surface area contributed by atoms with Crippen molar-refractivity contribution < 1.29 is 14.3 Å². The number of amides is 1. The molecule has 0 radical (unpaired) electrons. The first-order valence-corrected chi connectivity index (χ1v) is 9.50. The minimum Gasteiger partial charge on any atom is -0.454 e. The monoisotopic (exact) mass is 436 g/mol. The predicted octanol–water partition coefficient (Wildman–Crippen LogP) is 3.22. The first-order chi connectivity index (χ1) is 12.4. The van der Waals surface area contributed by atoms with Crippen LogP contribution in [0.5, 0.6) is 11.5 Å². The lowest BCUT2D eigenvalue weighted by Crippen LogP contribution is -2.27. The molecule has 2 heterocycles. The van der Waals surface area contributed by atoms with Gasteiger partial charge in [0, 0.05) is 21.4 Å². The van der Waals surface area contributed by atoms with Gasteiger partial charge in [-0.25, -0.2) is 15.4 Å². The quantitative estimate of drug-likeness (QED) is 0.335. The van der Waals surface area contributed by atoms with Crippen molar-refractivity contribution in [3.63, 3.8) is 0 Å². The Kier molecular flexibility index (Phi) is 5.77. The Hall–Kier alpha value is -2.13. The molecule has 1 amide bonds. The number of halogens is 1. The van der Waals surface area contributed by atoms with Gasteiger partial charge in [0.1, 0.15) is 0 Å². The second kappa shape index (κ2) is 8.05. The summed E-state index contributed by atoms with van der Waals surface area (Å²) in [4.78, 5) is 20.9. The van der Waals surface area contributed by atoms with Gasteiger partial charge in [0.15, 0.2) is 16.7 Å². The summed E-state index contributed by atoms with van der Waals surface area (Å²) in [5, 5.41) is 4.22. The standard InChI is InChI=1S/C17H17BrN4O3S/c1-9-4-10(2)21-17(20-9)26-11(3)16(23)22-19-7-12-5-14-15(6-13(12)18)25-8-24-14/h4-7,11H,8H2,1-3H3,(H,22,23)/b19-7+. The number of nitrogens with one attached hydrogen (secondary N) is 1. The van der Waals surface area contributed by atoms with Gasteiger partial charge in [-0.05, 0) is 54.9 Å². The molecule has 3 rings (SSSR count). The number of carbonyl (C=O) groups is 1. The van der Waals surface area contributed by atoms with Crippen molar-refractivity contribution in [1.29, 1.82) is 0 Å². The molecule has 0 aliphatic carbocycles. The number of nitrogens with zero attached hydrogens (tertiary/aromatic N) is 3. The Bertz CT molecular complexity index is 855. The second-order valence-electron chi connectivity index (χ2n) is 5.65. The van der Waals surface area contributed by atoms with E-state index in [0.29, 0.717) is 16.7 Å². The van der Waals surface area contributed by atoms with Gasteiger partial charge < -0.3 is 9.47 Å². The summed E-state index contributed by atoms with van der Waals surface area (Å²) in [5.41, 5.74) is 5.05. The predicted molar refractivity (Wildman–Crippen MR) is 103 cm³/mol. The molecule has 7 nitrogen and oxygen atoms in total. The van der Waals surface area contributed by atoms with E-state index >= 15 is 0 Å². The highest BCUT2D eigenvalue weighted by atomic mass is 79.9. The van der Waals surface area contributed by atoms with E-state index in [9.17, 15) is 4.79 Å². The number of carbonyl (C=O) groups excluding carboxylic acids is 1. The van der Waals surface area contributed by atoms with Crippen LogP contribution in [0.3, 0.4) is 0 Å². The molecule has 0 fully saturated rings. The van der Waals surface area contributed by atoms with E-state index in [-0.39, 0.29) is 18.0 Å². The van der Waals surface area contributed by atoms with Crippen molar-refractivity contribution in [3.05, 3.63) is 39.6 Å². The summed E-state index contributed by atoms with van der Waals surface area (Å²) in [6, 6.07) is 5.49. The summed E-state index contributed by atoms with van der Waals surface area (Å²) < 4.78 is 11.4. The molecule has 0 saturated heterocycles. The minimum absolute atomic E-state index is 0.203. The molecule has 136 valence electrons. The SMILES string of the molecule is Cc1cc(C)nc(SC(C)C(=O)N/N=C/c2cc3c(cc2Br)OCO3)n1. The van der Waals surface area contributed by atoms with Crippen molar-refractivity contribution in [1.82, 2.24) is 15.4 Å². The Labute approximate surface area is 163 Å². The zero-order valence-corrected chi connectivity index (χ0v) is 16.8. The summed E-state index contributed by atoms with van der Waals surface area (Å²) in [5.74, 6) is 1.10. The van der Waals surface area contributed by atoms with E-state index < -0.39 is 0 Å². The Morgan fingerprint density at radius 2 is 1.92 bits per heavy atom. The van der Waals surface area contributed by atoms with Crippen LogP contribution >= 0.6 is 27.7 Å². The third kappa shape index (κ3) is 4.53. The fourth-order valence-electron chi connectivity index (χ4n) is 2.25. The van der Waals surface area contributed by atoms with Gasteiger partial charge in [0.05, 0.1) is 11.5 Å². The van der Waals surface area contributed by atoms with Gasteiger partial charge in [-0.1, -0.05) is 11.8 Å². The molecule has 1 aliphatic heterocycles. The lowest BCUT2D eigenvalue weighted by Gasteiger charge is -2.09. The Balaban J connectivity index is 1.60. The number of aryl methyl sites for hydroxylation is 2. The van der Waals surface area contributed by atoms with Crippen molar-refractivity contribution in [2.24, 2.45) is 5.10 Å². The Morgan fingerprint density at radius 3 is 2.62 bits per heavy atom. The Morgan fingerprint density at radius 1 is 1.27 bits per heavy atom. The lowest BCUT2D eigenvalue weighted by molar-refractivity contribution is -0.120. The first kappa shape index (κ1) is 18.7. The van der Waals surface area contributed by atoms with E-state index in [4.69, 9.17) is 9.47 Å². The van der Waals surface area contributed by atoms with Crippen LogP contribution in [0.25, 0.3) is 0 Å². The van der Waals surface area contributed by atoms with Crippen LogP contribution in [-0.4, -0.2) is 34.1 Å². The molecule has 0 saturated carbocycles. The molecule has 2 aromatic rings. The number of thioether (sulfide) groups is 1. The largest absolute Gasteiger partial charge is 0.454 e. The molecule has 1 unspecified atom stereocenters. The zero-order chi connectivity index (χ0) is 18.7. The first-order valence-electron chi connectivity index (χ1n) is 7.83. The van der Waals surface area contributed by atoms with E-state index in [2.05, 4.69) is 36.4 Å². The third-order valence-corrected chi connectivity index (χ3v) is 5.13. The van der Waals surface area contributed by atoms with E-state index in [1.807, 2.05) is 19.9 Å². The summed E-state index contributed by atoms with van der Waals surface area (Å²) >= 11 is 4.74. The van der Waals surface area contributed by atoms with Gasteiger partial charge in [-0.2, -0.15) is 5.10 Å². The average Bonchev–Trinajstić information content (AvgIpc) is 3.00. The molecule has 1 aromatic carbocycles. The molecule has 0 spiro atoms. The van der Waals surface area contributed by atoms with Gasteiger partial charge >= 0.3 is 0 Å². The van der Waals surface area contributed by atoms with Crippen LogP contribution in [0.2, 0.25) is 0 Å². The van der Waals surface area contributed by atoms with E-state index in [0.717, 1.165) is 21.4 Å². The maximum absolute atomic E-state index is 12.2. The number of fused-ring (bicyclic) bond motifs is 1. The van der Waals surface area contributed by atoms with Crippen molar-refractivity contribution in [3.8, 4) is 11.5 Å². The fraction of sp³-hybridized carbons (Fsp3) is 0.294. The van der Waals surface area contributed by atoms with E-state index in [1.54, 1.807) is 25.3 Å². The highest BCUT2D eigenvalue weighted by molar-refractivity contribution is 9.10. The van der Waals surface area contributed by atoms with Crippen molar-refractivity contribution in [2.75, 3.05) is 6.79 Å². The lowest BCUT2D eigenvalue weighted by atomic mass is 10.2. The van der Waals surface area contributed by atoms with Gasteiger partial charge in [-0.3, -0.25) is 4.79 Å². The number of aromatic nitrogens is 2. The van der Waals surface area contributed by atoms with Gasteiger partial charge in [0.2, 0.25) is 6.79 Å². The van der Waals surface area contributed by atoms with Gasteiger partial charge in [-0.15, -0.1) is 0 Å². The highest BCUT2D eigenvalue weighted by Crippen LogP contribution is 2.36. The van der Waals surface area contributed by atoms with Crippen LogP contribution < -0.4 is 14.9 Å². The topological polar surface area (TPSA) is 85.7 Å². The highest BCUT2D eigenvalue weighted by Gasteiger charge is 2.17. The summed E-state index contributed by atoms with van der Waals surface area (Å²) in [7, 11) is 0. The summed E-state index contributed by atoms with van der Waals surface area (Å²) in [6.45, 7) is 5.79. The molecule has 1 aromatic heterocycles. The molecular weight excluding hydrogens is 420 g/mol. The average molecular weight is 437 g/mol. The van der Waals surface area contributed by atoms with Crippen LogP contribution in [0.1, 0.15) is 23.9 Å². The maximum Gasteiger partial charge on any atom is 0.253 e. The number of benzene rings is 1. The number of hydrazone groups is 1. The van der Waals surface area contributed by atoms with Crippen LogP contribution in [0, 0.1) is 13.8 Å².